The summed E-state index contributed by atoms with van der Waals surface area (Å²) in [5, 5.41) is 4.71. The Bertz CT molecular complexity index is 784. The number of nitrogens with one attached hydrogen (secondary N) is 1. The third-order valence-electron chi connectivity index (χ3n) is 3.36. The van der Waals surface area contributed by atoms with Gasteiger partial charge in [0.2, 0.25) is 10.0 Å². The largest absolute Gasteiger partial charge is 0.352 e. The van der Waals surface area contributed by atoms with Crippen LogP contribution in [0.1, 0.15) is 21.6 Å². The molecule has 1 aromatic carbocycles. The van der Waals surface area contributed by atoms with Gasteiger partial charge < -0.3 is 5.32 Å². The van der Waals surface area contributed by atoms with Crippen LogP contribution < -0.4 is 5.32 Å². The van der Waals surface area contributed by atoms with Gasteiger partial charge in [0, 0.05) is 38.0 Å². The monoisotopic (exact) mass is 353 g/mol. The minimum Gasteiger partial charge on any atom is -0.352 e. The van der Waals surface area contributed by atoms with Crippen molar-refractivity contribution in [2.24, 2.45) is 0 Å². The van der Waals surface area contributed by atoms with E-state index in [1.54, 1.807) is 24.6 Å². The molecule has 1 N–H and O–H groups in total. The highest BCUT2D eigenvalue weighted by molar-refractivity contribution is 7.89. The zero-order valence-corrected chi connectivity index (χ0v) is 14.9. The third-order valence-corrected chi connectivity index (χ3v) is 5.95. The van der Waals surface area contributed by atoms with Crippen molar-refractivity contribution in [3.05, 3.63) is 45.9 Å². The van der Waals surface area contributed by atoms with Gasteiger partial charge in [0.15, 0.2) is 0 Å². The van der Waals surface area contributed by atoms with Crippen LogP contribution in [0.3, 0.4) is 0 Å². The summed E-state index contributed by atoms with van der Waals surface area (Å²) >= 11 is 1.51. The van der Waals surface area contributed by atoms with E-state index in [0.29, 0.717) is 24.1 Å². The first kappa shape index (κ1) is 17.6. The first-order valence-electron chi connectivity index (χ1n) is 7.01. The van der Waals surface area contributed by atoms with Crippen LogP contribution in [0.15, 0.2) is 34.0 Å². The number of carbonyl (C=O) groups excluding carboxylic acids is 1. The average Bonchev–Trinajstić information content (AvgIpc) is 3.00. The normalized spacial score (nSPS) is 11.7. The summed E-state index contributed by atoms with van der Waals surface area (Å²) in [6.45, 7) is 2.16. The lowest BCUT2D eigenvalue weighted by Gasteiger charge is -2.14. The maximum Gasteiger partial charge on any atom is 0.251 e. The number of aromatic nitrogens is 1. The van der Waals surface area contributed by atoms with Gasteiger partial charge in [0.05, 0.1) is 16.1 Å². The minimum atomic E-state index is -3.57. The SMILES string of the molecule is Cc1ccc(C(=O)NCCc2cscn2)cc1S(=O)(=O)N(C)C. The molecule has 0 aliphatic heterocycles. The Balaban J connectivity index is 2.12. The lowest BCUT2D eigenvalue weighted by Crippen LogP contribution is -2.27. The van der Waals surface area contributed by atoms with E-state index >= 15 is 0 Å². The molecule has 2 aromatic rings. The molecule has 1 heterocycles. The molecule has 1 aromatic heterocycles. The molecule has 2 rings (SSSR count). The Morgan fingerprint density at radius 2 is 2.09 bits per heavy atom. The quantitative estimate of drug-likeness (QED) is 0.857. The molecule has 6 nitrogen and oxygen atoms in total. The molecule has 0 aliphatic rings. The molecule has 0 atom stereocenters. The first-order valence-corrected chi connectivity index (χ1v) is 9.39. The summed E-state index contributed by atoms with van der Waals surface area (Å²) in [6, 6.07) is 4.69. The molecule has 1 amide bonds. The topological polar surface area (TPSA) is 79.4 Å². The number of hydrogen-bond donors (Lipinski definition) is 1. The first-order chi connectivity index (χ1) is 10.8. The van der Waals surface area contributed by atoms with Gasteiger partial charge in [-0.15, -0.1) is 11.3 Å². The predicted molar refractivity (Wildman–Crippen MR) is 90.2 cm³/mol. The summed E-state index contributed by atoms with van der Waals surface area (Å²) in [5.74, 6) is -0.296. The molecule has 23 heavy (non-hydrogen) atoms. The molecule has 0 unspecified atom stereocenters. The number of aryl methyl sites for hydroxylation is 1. The van der Waals surface area contributed by atoms with E-state index in [2.05, 4.69) is 10.3 Å². The summed E-state index contributed by atoms with van der Waals surface area (Å²) in [6.07, 6.45) is 0.643. The summed E-state index contributed by atoms with van der Waals surface area (Å²) < 4.78 is 25.7. The molecule has 0 spiro atoms. The van der Waals surface area contributed by atoms with Gasteiger partial charge in [-0.3, -0.25) is 4.79 Å². The van der Waals surface area contributed by atoms with E-state index in [9.17, 15) is 13.2 Å². The second-order valence-electron chi connectivity index (χ2n) is 5.25. The van der Waals surface area contributed by atoms with Crippen molar-refractivity contribution in [2.45, 2.75) is 18.2 Å². The van der Waals surface area contributed by atoms with Crippen molar-refractivity contribution in [2.75, 3.05) is 20.6 Å². The molecule has 0 saturated carbocycles. The number of sulfonamides is 1. The van der Waals surface area contributed by atoms with Crippen LogP contribution in [-0.2, 0) is 16.4 Å². The number of hydrogen-bond acceptors (Lipinski definition) is 5. The Labute approximate surface area is 140 Å². The van der Waals surface area contributed by atoms with Crippen LogP contribution >= 0.6 is 11.3 Å². The maximum absolute atomic E-state index is 12.3. The van der Waals surface area contributed by atoms with Gasteiger partial charge in [-0.25, -0.2) is 17.7 Å². The van der Waals surface area contributed by atoms with E-state index in [1.807, 2.05) is 5.38 Å². The molecule has 0 saturated heterocycles. The van der Waals surface area contributed by atoms with Crippen LogP contribution in [0, 0.1) is 6.92 Å². The Kier molecular flexibility index (Phi) is 5.51. The second kappa shape index (κ2) is 7.20. The van der Waals surface area contributed by atoms with Crippen LogP contribution in [-0.4, -0.2) is 44.3 Å². The zero-order valence-electron chi connectivity index (χ0n) is 13.2. The second-order valence-corrected chi connectivity index (χ2v) is 8.09. The van der Waals surface area contributed by atoms with Gasteiger partial charge in [-0.2, -0.15) is 0 Å². The van der Waals surface area contributed by atoms with Gasteiger partial charge in [-0.05, 0) is 24.6 Å². The van der Waals surface area contributed by atoms with Gasteiger partial charge >= 0.3 is 0 Å². The van der Waals surface area contributed by atoms with Crippen molar-refractivity contribution in [3.8, 4) is 0 Å². The fourth-order valence-corrected chi connectivity index (χ4v) is 3.72. The van der Waals surface area contributed by atoms with Crippen LogP contribution in [0.25, 0.3) is 0 Å². The maximum atomic E-state index is 12.3. The van der Waals surface area contributed by atoms with Gasteiger partial charge in [-0.1, -0.05) is 6.07 Å². The van der Waals surface area contributed by atoms with E-state index in [0.717, 1.165) is 10.00 Å². The van der Waals surface area contributed by atoms with Crippen molar-refractivity contribution in [3.63, 3.8) is 0 Å². The summed E-state index contributed by atoms with van der Waals surface area (Å²) in [4.78, 5) is 16.5. The number of amides is 1. The molecule has 0 aliphatic carbocycles. The molecule has 0 radical (unpaired) electrons. The zero-order chi connectivity index (χ0) is 17.0. The standard InChI is InChI=1S/C15H19N3O3S2/c1-11-4-5-12(8-14(11)23(20,21)18(2)3)15(19)16-7-6-13-9-22-10-17-13/h4-5,8-10H,6-7H2,1-3H3,(H,16,19). The van der Waals surface area contributed by atoms with E-state index < -0.39 is 10.0 Å². The Hall–Kier alpha value is -1.77. The van der Waals surface area contributed by atoms with Crippen LogP contribution in [0.2, 0.25) is 0 Å². The lowest BCUT2D eigenvalue weighted by atomic mass is 10.1. The van der Waals surface area contributed by atoms with Crippen molar-refractivity contribution >= 4 is 27.3 Å². The molecule has 124 valence electrons. The number of nitrogens with zero attached hydrogens (tertiary/aromatic N) is 2. The molecule has 8 heteroatoms. The summed E-state index contributed by atoms with van der Waals surface area (Å²) in [7, 11) is -0.640. The molecule has 0 bridgehead atoms. The van der Waals surface area contributed by atoms with E-state index in [-0.39, 0.29) is 10.8 Å². The summed E-state index contributed by atoms with van der Waals surface area (Å²) in [5.41, 5.74) is 3.61. The van der Waals surface area contributed by atoms with E-state index in [1.165, 1.54) is 31.5 Å². The van der Waals surface area contributed by atoms with Crippen molar-refractivity contribution in [1.29, 1.82) is 0 Å². The minimum absolute atomic E-state index is 0.148. The third kappa shape index (κ3) is 4.15. The van der Waals surface area contributed by atoms with Gasteiger partial charge in [0.1, 0.15) is 0 Å². The highest BCUT2D eigenvalue weighted by Gasteiger charge is 2.21. The molecular formula is C15H19N3O3S2. The lowest BCUT2D eigenvalue weighted by molar-refractivity contribution is 0.0954. The van der Waals surface area contributed by atoms with Gasteiger partial charge in [0.25, 0.3) is 5.91 Å². The van der Waals surface area contributed by atoms with Crippen molar-refractivity contribution in [1.82, 2.24) is 14.6 Å². The predicted octanol–water partition coefficient (Wildman–Crippen LogP) is 1.67. The van der Waals surface area contributed by atoms with Crippen LogP contribution in [0.4, 0.5) is 0 Å². The number of benzene rings is 1. The number of thiazole rings is 1. The Morgan fingerprint density at radius 3 is 2.70 bits per heavy atom. The Morgan fingerprint density at radius 1 is 1.35 bits per heavy atom. The highest BCUT2D eigenvalue weighted by atomic mass is 32.2. The van der Waals surface area contributed by atoms with Crippen LogP contribution in [0.5, 0.6) is 0 Å². The molecule has 0 fully saturated rings. The van der Waals surface area contributed by atoms with Crippen molar-refractivity contribution < 1.29 is 13.2 Å². The smallest absolute Gasteiger partial charge is 0.251 e. The molecular weight excluding hydrogens is 334 g/mol. The fourth-order valence-electron chi connectivity index (χ4n) is 1.98. The average molecular weight is 353 g/mol. The number of rotatable bonds is 6. The highest BCUT2D eigenvalue weighted by Crippen LogP contribution is 2.19. The fraction of sp³-hybridized carbons (Fsp3) is 0.333. The number of carbonyl (C=O) groups is 1. The van der Waals surface area contributed by atoms with E-state index in [4.69, 9.17) is 0 Å².